The summed E-state index contributed by atoms with van der Waals surface area (Å²) >= 11 is 0. The largest absolute Gasteiger partial charge is 0.496 e. The maximum Gasteiger partial charge on any atom is 0.125 e. The van der Waals surface area contributed by atoms with Crippen LogP contribution in [0.5, 0.6) is 5.75 Å². The van der Waals surface area contributed by atoms with Crippen LogP contribution >= 0.6 is 0 Å². The van der Waals surface area contributed by atoms with Gasteiger partial charge in [0.25, 0.3) is 0 Å². The van der Waals surface area contributed by atoms with E-state index in [1.165, 1.54) is 0 Å². The second kappa shape index (κ2) is 4.44. The molecule has 0 saturated carbocycles. The second-order valence-electron chi connectivity index (χ2n) is 4.39. The van der Waals surface area contributed by atoms with Crippen LogP contribution in [-0.4, -0.2) is 25.4 Å². The van der Waals surface area contributed by atoms with E-state index >= 15 is 0 Å². The molecule has 1 aliphatic heterocycles. The van der Waals surface area contributed by atoms with E-state index in [-0.39, 0.29) is 0 Å². The minimum Gasteiger partial charge on any atom is -0.496 e. The topological polar surface area (TPSA) is 38.7 Å². The lowest BCUT2D eigenvalue weighted by atomic mass is 9.87. The van der Waals surface area contributed by atoms with Crippen molar-refractivity contribution < 1.29 is 14.6 Å². The fraction of sp³-hybridized carbons (Fsp3) is 0.538. The van der Waals surface area contributed by atoms with Crippen LogP contribution < -0.4 is 4.74 Å². The van der Waals surface area contributed by atoms with E-state index in [0.29, 0.717) is 6.61 Å². The van der Waals surface area contributed by atoms with Crippen molar-refractivity contribution in [1.82, 2.24) is 0 Å². The molecule has 1 aromatic carbocycles. The van der Waals surface area contributed by atoms with Crippen LogP contribution in [0.2, 0.25) is 0 Å². The van der Waals surface area contributed by atoms with E-state index in [1.807, 2.05) is 25.1 Å². The third-order valence-corrected chi connectivity index (χ3v) is 3.08. The maximum absolute atomic E-state index is 10.6. The maximum atomic E-state index is 10.6. The molecule has 0 aliphatic carbocycles. The molecule has 1 N–H and O–H groups in total. The van der Waals surface area contributed by atoms with Gasteiger partial charge in [0.15, 0.2) is 0 Å². The first-order valence-electron chi connectivity index (χ1n) is 5.61. The van der Waals surface area contributed by atoms with Crippen molar-refractivity contribution in [3.05, 3.63) is 29.3 Å². The highest BCUT2D eigenvalue weighted by Gasteiger charge is 2.34. The fourth-order valence-corrected chi connectivity index (χ4v) is 2.18. The Morgan fingerprint density at radius 2 is 2.25 bits per heavy atom. The molecule has 1 aromatic rings. The van der Waals surface area contributed by atoms with Gasteiger partial charge in [-0.3, -0.25) is 0 Å². The minimum atomic E-state index is -0.893. The number of methoxy groups -OCH3 is 1. The third kappa shape index (κ3) is 2.06. The van der Waals surface area contributed by atoms with Crippen molar-refractivity contribution >= 4 is 0 Å². The molecule has 1 heterocycles. The molecule has 3 heteroatoms. The zero-order valence-corrected chi connectivity index (χ0v) is 9.82. The van der Waals surface area contributed by atoms with Crippen LogP contribution in [0.4, 0.5) is 0 Å². The number of benzene rings is 1. The summed E-state index contributed by atoms with van der Waals surface area (Å²) in [6, 6.07) is 5.86. The summed E-state index contributed by atoms with van der Waals surface area (Å²) in [5.41, 5.74) is 1.07. The summed E-state index contributed by atoms with van der Waals surface area (Å²) in [6.07, 6.45) is 1.61. The lowest BCUT2D eigenvalue weighted by Crippen LogP contribution is -2.36. The van der Waals surface area contributed by atoms with Gasteiger partial charge in [0.1, 0.15) is 11.4 Å². The molecule has 1 atom stereocenters. The molecule has 0 spiro atoms. The Kier molecular flexibility index (Phi) is 3.17. The van der Waals surface area contributed by atoms with Gasteiger partial charge in [0.05, 0.1) is 13.7 Å². The zero-order valence-electron chi connectivity index (χ0n) is 9.82. The Morgan fingerprint density at radius 1 is 1.44 bits per heavy atom. The van der Waals surface area contributed by atoms with Crippen molar-refractivity contribution in [2.45, 2.75) is 25.4 Å². The average Bonchev–Trinajstić information content (AvgIpc) is 2.30. The van der Waals surface area contributed by atoms with E-state index in [4.69, 9.17) is 9.47 Å². The lowest BCUT2D eigenvalue weighted by Gasteiger charge is -2.33. The van der Waals surface area contributed by atoms with E-state index in [0.717, 1.165) is 36.3 Å². The number of aryl methyl sites for hydroxylation is 1. The molecule has 3 nitrogen and oxygen atoms in total. The van der Waals surface area contributed by atoms with Crippen molar-refractivity contribution in [3.8, 4) is 5.75 Å². The molecule has 1 aliphatic rings. The molecular weight excluding hydrogens is 204 g/mol. The Balaban J connectivity index is 2.40. The monoisotopic (exact) mass is 222 g/mol. The van der Waals surface area contributed by atoms with Gasteiger partial charge in [-0.15, -0.1) is 0 Å². The normalized spacial score (nSPS) is 25.4. The number of hydrogen-bond acceptors (Lipinski definition) is 3. The first-order valence-corrected chi connectivity index (χ1v) is 5.61. The number of rotatable bonds is 2. The van der Waals surface area contributed by atoms with Crippen molar-refractivity contribution in [1.29, 1.82) is 0 Å². The number of aliphatic hydroxyl groups is 1. The average molecular weight is 222 g/mol. The minimum absolute atomic E-state index is 0.354. The van der Waals surface area contributed by atoms with Crippen LogP contribution in [0.25, 0.3) is 0 Å². The predicted molar refractivity (Wildman–Crippen MR) is 61.7 cm³/mol. The molecule has 2 rings (SSSR count). The predicted octanol–water partition coefficient (Wildman–Crippen LogP) is 2.00. The first kappa shape index (κ1) is 11.4. The van der Waals surface area contributed by atoms with E-state index in [2.05, 4.69) is 0 Å². The molecule has 1 fully saturated rings. The summed E-state index contributed by atoms with van der Waals surface area (Å²) in [5, 5.41) is 10.6. The Bertz CT molecular complexity index is 367. The van der Waals surface area contributed by atoms with Gasteiger partial charge in [0.2, 0.25) is 0 Å². The van der Waals surface area contributed by atoms with E-state index < -0.39 is 5.60 Å². The van der Waals surface area contributed by atoms with Crippen molar-refractivity contribution in [3.63, 3.8) is 0 Å². The highest BCUT2D eigenvalue weighted by molar-refractivity contribution is 5.41. The molecule has 1 saturated heterocycles. The van der Waals surface area contributed by atoms with Gasteiger partial charge in [0, 0.05) is 12.2 Å². The van der Waals surface area contributed by atoms with Gasteiger partial charge in [-0.1, -0.05) is 11.6 Å². The number of ether oxygens (including phenoxy) is 2. The standard InChI is InChI=1S/C13H18O3/c1-10-4-5-12(15-2)11(8-10)13(14)6-3-7-16-9-13/h4-5,8,14H,3,6-7,9H2,1-2H3. The lowest BCUT2D eigenvalue weighted by molar-refractivity contribution is -0.0912. The molecule has 0 amide bonds. The van der Waals surface area contributed by atoms with Crippen LogP contribution in [0, 0.1) is 6.92 Å². The summed E-state index contributed by atoms with van der Waals surface area (Å²) in [7, 11) is 1.63. The van der Waals surface area contributed by atoms with Crippen LogP contribution in [-0.2, 0) is 10.3 Å². The summed E-state index contributed by atoms with van der Waals surface area (Å²) < 4.78 is 10.7. The van der Waals surface area contributed by atoms with E-state index in [9.17, 15) is 5.11 Å². The molecular formula is C13H18O3. The molecule has 0 bridgehead atoms. The summed E-state index contributed by atoms with van der Waals surface area (Å²) in [4.78, 5) is 0. The van der Waals surface area contributed by atoms with Gasteiger partial charge < -0.3 is 14.6 Å². The van der Waals surface area contributed by atoms with Gasteiger partial charge in [-0.2, -0.15) is 0 Å². The van der Waals surface area contributed by atoms with Crippen LogP contribution in [0.3, 0.4) is 0 Å². The smallest absolute Gasteiger partial charge is 0.125 e. The molecule has 1 unspecified atom stereocenters. The number of hydrogen-bond donors (Lipinski definition) is 1. The van der Waals surface area contributed by atoms with E-state index in [1.54, 1.807) is 7.11 Å². The van der Waals surface area contributed by atoms with Gasteiger partial charge in [-0.05, 0) is 31.9 Å². The van der Waals surface area contributed by atoms with Crippen molar-refractivity contribution in [2.75, 3.05) is 20.3 Å². The second-order valence-corrected chi connectivity index (χ2v) is 4.39. The highest BCUT2D eigenvalue weighted by Crippen LogP contribution is 2.36. The molecule has 0 aromatic heterocycles. The fourth-order valence-electron chi connectivity index (χ4n) is 2.18. The Morgan fingerprint density at radius 3 is 2.88 bits per heavy atom. The third-order valence-electron chi connectivity index (χ3n) is 3.08. The zero-order chi connectivity index (χ0) is 11.6. The van der Waals surface area contributed by atoms with Crippen LogP contribution in [0.1, 0.15) is 24.0 Å². The molecule has 88 valence electrons. The van der Waals surface area contributed by atoms with Gasteiger partial charge >= 0.3 is 0 Å². The summed E-state index contributed by atoms with van der Waals surface area (Å²) in [6.45, 7) is 3.10. The first-order chi connectivity index (χ1) is 7.65. The van der Waals surface area contributed by atoms with Crippen LogP contribution in [0.15, 0.2) is 18.2 Å². The Hall–Kier alpha value is -1.06. The Labute approximate surface area is 96.0 Å². The SMILES string of the molecule is COc1ccc(C)cc1C1(O)CCCOC1. The van der Waals surface area contributed by atoms with Gasteiger partial charge in [-0.25, -0.2) is 0 Å². The molecule has 16 heavy (non-hydrogen) atoms. The summed E-state index contributed by atoms with van der Waals surface area (Å²) in [5.74, 6) is 0.735. The van der Waals surface area contributed by atoms with Crippen molar-refractivity contribution in [2.24, 2.45) is 0 Å². The quantitative estimate of drug-likeness (QED) is 0.831. The highest BCUT2D eigenvalue weighted by atomic mass is 16.5. The molecule has 0 radical (unpaired) electrons.